The van der Waals surface area contributed by atoms with E-state index in [1.807, 2.05) is 0 Å². The second-order valence-electron chi connectivity index (χ2n) is 6.92. The van der Waals surface area contributed by atoms with E-state index in [0.29, 0.717) is 12.5 Å². The molecule has 1 aliphatic rings. The van der Waals surface area contributed by atoms with Crippen molar-refractivity contribution < 1.29 is 0 Å². The van der Waals surface area contributed by atoms with Crippen molar-refractivity contribution in [2.24, 2.45) is 4.99 Å². The molecule has 0 amide bonds. The molecule has 2 N–H and O–H groups in total. The van der Waals surface area contributed by atoms with Crippen molar-refractivity contribution >= 4 is 41.3 Å². The minimum atomic E-state index is 0. The summed E-state index contributed by atoms with van der Waals surface area (Å²) in [5.74, 6) is 3.48. The van der Waals surface area contributed by atoms with Crippen LogP contribution in [0.2, 0.25) is 0 Å². The fraction of sp³-hybridized carbons (Fsp3) is 0.667. The van der Waals surface area contributed by atoms with Crippen LogP contribution in [-0.4, -0.2) is 39.3 Å². The lowest BCUT2D eigenvalue weighted by molar-refractivity contribution is 0.600. The van der Waals surface area contributed by atoms with Gasteiger partial charge in [-0.15, -0.1) is 45.5 Å². The predicted octanol–water partition coefficient (Wildman–Crippen LogP) is 3.11. The molecule has 0 saturated heterocycles. The number of fused-ring (bicyclic) bond motifs is 1. The van der Waals surface area contributed by atoms with Gasteiger partial charge < -0.3 is 15.2 Å². The Hall–Kier alpha value is -1.23. The first-order valence-corrected chi connectivity index (χ1v) is 10.3. The van der Waals surface area contributed by atoms with Crippen molar-refractivity contribution in [3.63, 3.8) is 0 Å². The van der Waals surface area contributed by atoms with Gasteiger partial charge >= 0.3 is 0 Å². The molecule has 0 saturated carbocycles. The van der Waals surface area contributed by atoms with Gasteiger partial charge in [0.25, 0.3) is 0 Å². The number of aryl methyl sites for hydroxylation is 1. The van der Waals surface area contributed by atoms with Crippen molar-refractivity contribution in [1.82, 2.24) is 30.4 Å². The second-order valence-corrected chi connectivity index (χ2v) is 7.86. The van der Waals surface area contributed by atoms with Crippen LogP contribution in [0.15, 0.2) is 10.4 Å². The smallest absolute Gasteiger partial charge is 0.191 e. The Labute approximate surface area is 182 Å². The van der Waals surface area contributed by atoms with Gasteiger partial charge in [0.05, 0.1) is 12.2 Å². The first kappa shape index (κ1) is 22.1. The maximum atomic E-state index is 4.65. The first-order valence-electron chi connectivity index (χ1n) is 9.47. The van der Waals surface area contributed by atoms with Gasteiger partial charge in [-0.05, 0) is 18.8 Å². The van der Waals surface area contributed by atoms with E-state index in [-0.39, 0.29) is 24.0 Å². The summed E-state index contributed by atoms with van der Waals surface area (Å²) in [6.45, 7) is 6.85. The van der Waals surface area contributed by atoms with E-state index >= 15 is 0 Å². The molecule has 0 radical (unpaired) electrons. The monoisotopic (exact) mass is 503 g/mol. The summed E-state index contributed by atoms with van der Waals surface area (Å²) in [4.78, 5) is 8.94. The van der Waals surface area contributed by atoms with Crippen molar-refractivity contribution in [3.8, 4) is 0 Å². The highest BCUT2D eigenvalue weighted by Gasteiger charge is 2.14. The molecule has 0 atom stereocenters. The summed E-state index contributed by atoms with van der Waals surface area (Å²) in [5.41, 5.74) is 1.15. The van der Waals surface area contributed by atoms with Crippen LogP contribution >= 0.6 is 35.3 Å². The van der Waals surface area contributed by atoms with Gasteiger partial charge in [0.2, 0.25) is 0 Å². The molecule has 9 heteroatoms. The van der Waals surface area contributed by atoms with Crippen LogP contribution in [-0.2, 0) is 25.9 Å². The Bertz CT molecular complexity index is 738. The number of aliphatic imine (C=N–C) groups is 1. The van der Waals surface area contributed by atoms with Crippen LogP contribution in [0, 0.1) is 0 Å². The number of nitrogens with one attached hydrogen (secondary N) is 2. The molecule has 0 aromatic carbocycles. The zero-order valence-corrected chi connectivity index (χ0v) is 19.5. The van der Waals surface area contributed by atoms with Crippen LogP contribution in [0.4, 0.5) is 0 Å². The topological polar surface area (TPSA) is 80.0 Å². The highest BCUT2D eigenvalue weighted by atomic mass is 127. The van der Waals surface area contributed by atoms with Gasteiger partial charge in [-0.3, -0.25) is 4.99 Å². The van der Waals surface area contributed by atoms with Crippen molar-refractivity contribution in [3.05, 3.63) is 27.7 Å². The second kappa shape index (κ2) is 10.9. The molecule has 0 spiro atoms. The summed E-state index contributed by atoms with van der Waals surface area (Å²) >= 11 is 1.69. The summed E-state index contributed by atoms with van der Waals surface area (Å²) in [5, 5.41) is 18.7. The zero-order valence-electron chi connectivity index (χ0n) is 16.4. The Kier molecular flexibility index (Phi) is 8.94. The van der Waals surface area contributed by atoms with E-state index in [2.05, 4.69) is 54.6 Å². The summed E-state index contributed by atoms with van der Waals surface area (Å²) in [7, 11) is 1.79. The number of guanidine groups is 1. The molecule has 2 aromatic rings. The molecule has 150 valence electrons. The van der Waals surface area contributed by atoms with Crippen LogP contribution < -0.4 is 10.6 Å². The maximum absolute atomic E-state index is 4.65. The standard InChI is InChI=1S/C18H29N7S.HI/c1-13(2)14-12-26-17(22-14)11-21-18(19-3)20-9-8-16-24-23-15-7-5-4-6-10-25(15)16;/h12-13H,4-11H2,1-3H3,(H2,19,20,21);1H. The van der Waals surface area contributed by atoms with Gasteiger partial charge in [-0.25, -0.2) is 4.98 Å². The highest BCUT2D eigenvalue weighted by molar-refractivity contribution is 14.0. The molecule has 27 heavy (non-hydrogen) atoms. The van der Waals surface area contributed by atoms with E-state index in [9.17, 15) is 0 Å². The number of aromatic nitrogens is 4. The van der Waals surface area contributed by atoms with E-state index < -0.39 is 0 Å². The van der Waals surface area contributed by atoms with Crippen LogP contribution in [0.3, 0.4) is 0 Å². The van der Waals surface area contributed by atoms with Gasteiger partial charge in [-0.2, -0.15) is 0 Å². The maximum Gasteiger partial charge on any atom is 0.191 e. The van der Waals surface area contributed by atoms with E-state index in [1.165, 1.54) is 19.3 Å². The quantitative estimate of drug-likeness (QED) is 0.360. The van der Waals surface area contributed by atoms with Crippen LogP contribution in [0.1, 0.15) is 61.4 Å². The average molecular weight is 503 g/mol. The number of hydrogen-bond acceptors (Lipinski definition) is 5. The molecule has 3 rings (SSSR count). The molecule has 7 nitrogen and oxygen atoms in total. The van der Waals surface area contributed by atoms with Crippen molar-refractivity contribution in [1.29, 1.82) is 0 Å². The van der Waals surface area contributed by atoms with Gasteiger partial charge in [0.1, 0.15) is 16.7 Å². The third kappa shape index (κ3) is 6.13. The third-order valence-corrected chi connectivity index (χ3v) is 5.49. The minimum absolute atomic E-state index is 0. The first-order chi connectivity index (χ1) is 12.7. The number of halogens is 1. The largest absolute Gasteiger partial charge is 0.356 e. The number of nitrogens with zero attached hydrogens (tertiary/aromatic N) is 5. The normalized spacial score (nSPS) is 14.4. The van der Waals surface area contributed by atoms with Crippen LogP contribution in [0.25, 0.3) is 0 Å². The van der Waals surface area contributed by atoms with Crippen LogP contribution in [0.5, 0.6) is 0 Å². The van der Waals surface area contributed by atoms with Crippen molar-refractivity contribution in [2.75, 3.05) is 13.6 Å². The molecule has 2 aromatic heterocycles. The van der Waals surface area contributed by atoms with Gasteiger partial charge in [-0.1, -0.05) is 20.3 Å². The molecular weight excluding hydrogens is 473 g/mol. The van der Waals surface area contributed by atoms with E-state index in [0.717, 1.165) is 54.2 Å². The lowest BCUT2D eigenvalue weighted by Gasteiger charge is -2.11. The third-order valence-electron chi connectivity index (χ3n) is 4.62. The summed E-state index contributed by atoms with van der Waals surface area (Å²) in [6.07, 6.45) is 5.63. The predicted molar refractivity (Wildman–Crippen MR) is 121 cm³/mol. The highest BCUT2D eigenvalue weighted by Crippen LogP contribution is 2.17. The molecule has 1 aliphatic heterocycles. The molecule has 0 bridgehead atoms. The lowest BCUT2D eigenvalue weighted by atomic mass is 10.2. The molecular formula is C18H30IN7S. The fourth-order valence-corrected chi connectivity index (χ4v) is 3.97. The molecule has 3 heterocycles. The summed E-state index contributed by atoms with van der Waals surface area (Å²) in [6, 6.07) is 0. The van der Waals surface area contributed by atoms with E-state index in [1.54, 1.807) is 18.4 Å². The number of hydrogen-bond donors (Lipinski definition) is 2. The average Bonchev–Trinajstić information content (AvgIpc) is 3.19. The molecule has 0 unspecified atom stereocenters. The van der Waals surface area contributed by atoms with Gasteiger partial charge in [0, 0.05) is 38.4 Å². The summed E-state index contributed by atoms with van der Waals surface area (Å²) < 4.78 is 2.30. The zero-order chi connectivity index (χ0) is 18.4. The van der Waals surface area contributed by atoms with Gasteiger partial charge in [0.15, 0.2) is 5.96 Å². The number of rotatable bonds is 6. The van der Waals surface area contributed by atoms with E-state index in [4.69, 9.17) is 0 Å². The fourth-order valence-electron chi connectivity index (χ4n) is 3.07. The molecule has 0 aliphatic carbocycles. The Morgan fingerprint density at radius 3 is 2.85 bits per heavy atom. The lowest BCUT2D eigenvalue weighted by Crippen LogP contribution is -2.38. The SMILES string of the molecule is CN=C(NCCc1nnc2n1CCCCC2)NCc1nc(C(C)C)cs1.I. The Balaban J connectivity index is 0.00000261. The Morgan fingerprint density at radius 2 is 2.11 bits per heavy atom. The number of thiazole rings is 1. The minimum Gasteiger partial charge on any atom is -0.356 e. The Morgan fingerprint density at radius 1 is 1.26 bits per heavy atom. The molecule has 0 fully saturated rings. The van der Waals surface area contributed by atoms with Crippen molar-refractivity contribution in [2.45, 2.75) is 65.0 Å².